The van der Waals surface area contributed by atoms with Gasteiger partial charge in [0.1, 0.15) is 5.76 Å². The van der Waals surface area contributed by atoms with E-state index in [1.807, 2.05) is 13.8 Å². The Hall–Kier alpha value is -1.19. The van der Waals surface area contributed by atoms with Gasteiger partial charge >= 0.3 is 6.09 Å². The number of alkyl carbamates (subject to hydrolysis) is 1. The first-order valence-electron chi connectivity index (χ1n) is 3.71. The Bertz CT molecular complexity index is 177. The van der Waals surface area contributed by atoms with Gasteiger partial charge in [-0.1, -0.05) is 20.4 Å². The highest BCUT2D eigenvalue weighted by atomic mass is 16.5. The summed E-state index contributed by atoms with van der Waals surface area (Å²) in [6.45, 7) is 7.08. The third kappa shape index (κ3) is 3.27. The van der Waals surface area contributed by atoms with Crippen molar-refractivity contribution in [3.63, 3.8) is 0 Å². The average Bonchev–Trinajstić information content (AvgIpc) is 1.98. The van der Waals surface area contributed by atoms with Gasteiger partial charge in [-0.2, -0.15) is 0 Å². The van der Waals surface area contributed by atoms with Gasteiger partial charge in [0.2, 0.25) is 0 Å². The first-order chi connectivity index (χ1) is 5.49. The fourth-order valence-corrected chi connectivity index (χ4v) is 0.821. The van der Waals surface area contributed by atoms with Crippen LogP contribution < -0.4 is 5.32 Å². The van der Waals surface area contributed by atoms with Crippen molar-refractivity contribution in [2.75, 3.05) is 7.11 Å². The van der Waals surface area contributed by atoms with Crippen LogP contribution in [0.3, 0.4) is 0 Å². The van der Waals surface area contributed by atoms with Gasteiger partial charge in [0.15, 0.2) is 0 Å². The molecule has 0 saturated heterocycles. The minimum Gasteiger partial charge on any atom is -0.511 e. The highest BCUT2D eigenvalue weighted by Gasteiger charge is 2.18. The quantitative estimate of drug-likeness (QED) is 0.635. The van der Waals surface area contributed by atoms with E-state index in [9.17, 15) is 4.79 Å². The molecule has 0 aromatic rings. The van der Waals surface area contributed by atoms with Crippen molar-refractivity contribution in [1.29, 1.82) is 0 Å². The van der Waals surface area contributed by atoms with Crippen molar-refractivity contribution in [1.82, 2.24) is 5.32 Å². The largest absolute Gasteiger partial charge is 0.511 e. The monoisotopic (exact) mass is 173 g/mol. The van der Waals surface area contributed by atoms with Crippen LogP contribution in [0.2, 0.25) is 0 Å². The number of ether oxygens (including phenoxy) is 1. The molecule has 4 heteroatoms. The van der Waals surface area contributed by atoms with Crippen LogP contribution in [0.25, 0.3) is 0 Å². The molecule has 0 bridgehead atoms. The molecule has 0 unspecified atom stereocenters. The van der Waals surface area contributed by atoms with Gasteiger partial charge in [0.05, 0.1) is 13.2 Å². The predicted molar refractivity (Wildman–Crippen MR) is 45.9 cm³/mol. The zero-order valence-corrected chi connectivity index (χ0v) is 7.63. The molecule has 0 aromatic carbocycles. The summed E-state index contributed by atoms with van der Waals surface area (Å²) in [6.07, 6.45) is -0.566. The fraction of sp³-hybridized carbons (Fsp3) is 0.625. The molecular weight excluding hydrogens is 158 g/mol. The van der Waals surface area contributed by atoms with Gasteiger partial charge in [-0.15, -0.1) is 0 Å². The first-order valence-corrected chi connectivity index (χ1v) is 3.71. The number of methoxy groups -OCH3 is 1. The van der Waals surface area contributed by atoms with E-state index in [1.54, 1.807) is 0 Å². The highest BCUT2D eigenvalue weighted by molar-refractivity contribution is 5.67. The summed E-state index contributed by atoms with van der Waals surface area (Å²) in [5, 5.41) is 11.5. The van der Waals surface area contributed by atoms with Crippen LogP contribution in [0, 0.1) is 5.92 Å². The molecule has 2 N–H and O–H groups in total. The summed E-state index contributed by atoms with van der Waals surface area (Å²) in [5.74, 6) is 0.0250. The maximum absolute atomic E-state index is 10.7. The Morgan fingerprint density at radius 3 is 2.33 bits per heavy atom. The molecule has 1 amide bonds. The van der Waals surface area contributed by atoms with E-state index in [0.29, 0.717) is 0 Å². The second-order valence-electron chi connectivity index (χ2n) is 2.85. The van der Waals surface area contributed by atoms with Crippen molar-refractivity contribution >= 4 is 6.09 Å². The van der Waals surface area contributed by atoms with Gasteiger partial charge in [-0.3, -0.25) is 0 Å². The van der Waals surface area contributed by atoms with Crippen molar-refractivity contribution in [2.45, 2.75) is 19.9 Å². The van der Waals surface area contributed by atoms with Crippen LogP contribution in [0.15, 0.2) is 12.3 Å². The number of aliphatic hydroxyl groups is 1. The van der Waals surface area contributed by atoms with Crippen molar-refractivity contribution in [3.05, 3.63) is 12.3 Å². The number of amides is 1. The summed E-state index contributed by atoms with van der Waals surface area (Å²) in [4.78, 5) is 10.7. The molecule has 12 heavy (non-hydrogen) atoms. The summed E-state index contributed by atoms with van der Waals surface area (Å²) >= 11 is 0. The van der Waals surface area contributed by atoms with Crippen LogP contribution in [0.1, 0.15) is 13.8 Å². The third-order valence-corrected chi connectivity index (χ3v) is 1.48. The van der Waals surface area contributed by atoms with Gasteiger partial charge in [0, 0.05) is 0 Å². The summed E-state index contributed by atoms with van der Waals surface area (Å²) in [6, 6.07) is -0.447. The Kier molecular flexibility index (Phi) is 4.18. The van der Waals surface area contributed by atoms with Crippen molar-refractivity contribution in [2.24, 2.45) is 5.92 Å². The molecule has 4 nitrogen and oxygen atoms in total. The second-order valence-corrected chi connectivity index (χ2v) is 2.85. The van der Waals surface area contributed by atoms with E-state index >= 15 is 0 Å². The molecule has 0 aliphatic carbocycles. The standard InChI is InChI=1S/C8H15NO3/c1-5(2)7(6(3)10)9-8(11)12-4/h5,7,10H,3H2,1-2,4H3,(H,9,11)/t7-/m0/s1. The molecule has 0 aromatic heterocycles. The minimum absolute atomic E-state index is 0.0598. The van der Waals surface area contributed by atoms with Gasteiger partial charge < -0.3 is 15.2 Å². The van der Waals surface area contributed by atoms with Gasteiger partial charge in [-0.05, 0) is 5.92 Å². The van der Waals surface area contributed by atoms with Crippen LogP contribution in [-0.2, 0) is 4.74 Å². The van der Waals surface area contributed by atoms with Gasteiger partial charge in [-0.25, -0.2) is 4.79 Å². The Labute approximate surface area is 72.2 Å². The molecule has 0 rings (SSSR count). The lowest BCUT2D eigenvalue weighted by Crippen LogP contribution is -2.39. The molecule has 0 radical (unpaired) electrons. The average molecular weight is 173 g/mol. The lowest BCUT2D eigenvalue weighted by Gasteiger charge is -2.19. The Morgan fingerprint density at radius 2 is 2.08 bits per heavy atom. The number of hydrogen-bond donors (Lipinski definition) is 2. The summed E-state index contributed by atoms with van der Waals surface area (Å²) in [7, 11) is 1.27. The molecular formula is C8H15NO3. The number of rotatable bonds is 3. The number of aliphatic hydroxyl groups excluding tert-OH is 1. The summed E-state index contributed by atoms with van der Waals surface area (Å²) in [5.41, 5.74) is 0. The number of hydrogen-bond acceptors (Lipinski definition) is 3. The Morgan fingerprint density at radius 1 is 1.58 bits per heavy atom. The lowest BCUT2D eigenvalue weighted by molar-refractivity contribution is 0.160. The van der Waals surface area contributed by atoms with Crippen LogP contribution in [0.4, 0.5) is 4.79 Å². The normalized spacial score (nSPS) is 12.3. The highest BCUT2D eigenvalue weighted by Crippen LogP contribution is 2.07. The molecule has 0 aliphatic heterocycles. The molecule has 0 aliphatic rings. The van der Waals surface area contributed by atoms with E-state index in [4.69, 9.17) is 5.11 Å². The molecule has 0 saturated carbocycles. The first kappa shape index (κ1) is 10.8. The SMILES string of the molecule is C=C(O)[C@@H](NC(=O)OC)C(C)C. The van der Waals surface area contributed by atoms with Crippen LogP contribution in [-0.4, -0.2) is 24.4 Å². The maximum Gasteiger partial charge on any atom is 0.407 e. The van der Waals surface area contributed by atoms with E-state index in [-0.39, 0.29) is 11.7 Å². The molecule has 0 spiro atoms. The third-order valence-electron chi connectivity index (χ3n) is 1.48. The summed E-state index contributed by atoms with van der Waals surface area (Å²) < 4.78 is 4.38. The van der Waals surface area contributed by atoms with Gasteiger partial charge in [0.25, 0.3) is 0 Å². The fourth-order valence-electron chi connectivity index (χ4n) is 0.821. The molecule has 70 valence electrons. The molecule has 0 heterocycles. The minimum atomic E-state index is -0.566. The zero-order chi connectivity index (χ0) is 9.72. The van der Waals surface area contributed by atoms with Crippen molar-refractivity contribution in [3.8, 4) is 0 Å². The van der Waals surface area contributed by atoms with E-state index in [1.165, 1.54) is 7.11 Å². The van der Waals surface area contributed by atoms with E-state index in [0.717, 1.165) is 0 Å². The maximum atomic E-state index is 10.7. The lowest BCUT2D eigenvalue weighted by atomic mass is 10.0. The van der Waals surface area contributed by atoms with Crippen LogP contribution in [0.5, 0.6) is 0 Å². The van der Waals surface area contributed by atoms with E-state index < -0.39 is 12.1 Å². The second kappa shape index (κ2) is 4.64. The van der Waals surface area contributed by atoms with Crippen molar-refractivity contribution < 1.29 is 14.6 Å². The van der Waals surface area contributed by atoms with Crippen LogP contribution >= 0.6 is 0 Å². The Balaban J connectivity index is 4.14. The smallest absolute Gasteiger partial charge is 0.407 e. The number of nitrogens with one attached hydrogen (secondary N) is 1. The molecule has 1 atom stereocenters. The topological polar surface area (TPSA) is 58.6 Å². The molecule has 0 fully saturated rings. The zero-order valence-electron chi connectivity index (χ0n) is 7.63. The number of carbonyl (C=O) groups excluding carboxylic acids is 1. The van der Waals surface area contributed by atoms with E-state index in [2.05, 4.69) is 16.6 Å². The predicted octanol–water partition coefficient (Wildman–Crippen LogP) is 1.44. The number of carbonyl (C=O) groups is 1.